The van der Waals surface area contributed by atoms with Gasteiger partial charge in [-0.25, -0.2) is 8.42 Å². The second-order valence-electron chi connectivity index (χ2n) is 9.10. The van der Waals surface area contributed by atoms with Gasteiger partial charge in [-0.15, -0.1) is 5.10 Å². The van der Waals surface area contributed by atoms with Crippen molar-refractivity contribution in [3.05, 3.63) is 41.6 Å². The van der Waals surface area contributed by atoms with E-state index in [9.17, 15) is 8.42 Å². The first-order valence-corrected chi connectivity index (χ1v) is 11.9. The zero-order valence-electron chi connectivity index (χ0n) is 18.1. The van der Waals surface area contributed by atoms with Gasteiger partial charge in [0.25, 0.3) is 0 Å². The molecule has 4 rings (SSSR count). The van der Waals surface area contributed by atoms with E-state index in [-0.39, 0.29) is 10.3 Å². The molecule has 0 atom stereocenters. The Bertz CT molecular complexity index is 1000. The topological polar surface area (TPSA) is 75.6 Å². The fourth-order valence-corrected chi connectivity index (χ4v) is 5.35. The highest BCUT2D eigenvalue weighted by Gasteiger charge is 2.32. The second kappa shape index (κ2) is 7.81. The minimum absolute atomic E-state index is 0.152. The number of anilines is 1. The Labute approximate surface area is 179 Å². The maximum Gasteiger partial charge on any atom is 0.246 e. The van der Waals surface area contributed by atoms with Crippen LogP contribution in [-0.4, -0.2) is 56.2 Å². The third kappa shape index (κ3) is 4.16. The van der Waals surface area contributed by atoms with Gasteiger partial charge in [0.05, 0.1) is 12.8 Å². The fraction of sp³-hybridized carbons (Fsp3) is 0.545. The Morgan fingerprint density at radius 3 is 2.23 bits per heavy atom. The highest BCUT2D eigenvalue weighted by atomic mass is 32.2. The molecule has 0 amide bonds. The van der Waals surface area contributed by atoms with E-state index in [2.05, 4.69) is 35.9 Å². The van der Waals surface area contributed by atoms with Crippen LogP contribution in [0.4, 0.5) is 5.82 Å². The Kier molecular flexibility index (Phi) is 5.48. The van der Waals surface area contributed by atoms with Gasteiger partial charge in [-0.3, -0.25) is 0 Å². The zero-order valence-corrected chi connectivity index (χ0v) is 18.9. The van der Waals surface area contributed by atoms with Crippen molar-refractivity contribution in [1.82, 2.24) is 14.5 Å². The van der Waals surface area contributed by atoms with Gasteiger partial charge in [0.2, 0.25) is 10.0 Å². The summed E-state index contributed by atoms with van der Waals surface area (Å²) < 4.78 is 33.8. The number of aromatic nitrogens is 2. The number of ether oxygens (including phenoxy) is 1. The van der Waals surface area contributed by atoms with Crippen LogP contribution in [0.1, 0.15) is 50.8 Å². The molecule has 7 nitrogen and oxygen atoms in total. The predicted octanol–water partition coefficient (Wildman–Crippen LogP) is 3.17. The smallest absolute Gasteiger partial charge is 0.246 e. The van der Waals surface area contributed by atoms with Crippen molar-refractivity contribution in [2.45, 2.75) is 49.8 Å². The molecule has 0 radical (unpaired) electrons. The molecular formula is C22H30N4O3S. The van der Waals surface area contributed by atoms with Gasteiger partial charge in [-0.2, -0.15) is 9.40 Å². The third-order valence-corrected chi connectivity index (χ3v) is 7.80. The van der Waals surface area contributed by atoms with E-state index in [1.807, 2.05) is 18.2 Å². The van der Waals surface area contributed by atoms with E-state index in [4.69, 9.17) is 4.74 Å². The van der Waals surface area contributed by atoms with Gasteiger partial charge < -0.3 is 9.64 Å². The van der Waals surface area contributed by atoms with E-state index in [1.54, 1.807) is 16.4 Å². The summed E-state index contributed by atoms with van der Waals surface area (Å²) >= 11 is 0. The number of benzene rings is 1. The summed E-state index contributed by atoms with van der Waals surface area (Å²) in [5, 5.41) is 8.71. The SMILES string of the molecule is COc1ccc(C(C)(C)C)cc1S(=O)(=O)N1CCN(c2ccc(C3CC3)nn2)CC1. The normalized spacial score (nSPS) is 18.5. The van der Waals surface area contributed by atoms with Crippen LogP contribution in [0, 0.1) is 0 Å². The summed E-state index contributed by atoms with van der Waals surface area (Å²) in [6.45, 7) is 8.17. The van der Waals surface area contributed by atoms with E-state index < -0.39 is 10.0 Å². The van der Waals surface area contributed by atoms with E-state index in [1.165, 1.54) is 20.0 Å². The van der Waals surface area contributed by atoms with Crippen LogP contribution < -0.4 is 9.64 Å². The predicted molar refractivity (Wildman–Crippen MR) is 117 cm³/mol. The number of nitrogens with zero attached hydrogens (tertiary/aromatic N) is 4. The third-order valence-electron chi connectivity index (χ3n) is 5.88. The summed E-state index contributed by atoms with van der Waals surface area (Å²) in [7, 11) is -2.15. The van der Waals surface area contributed by atoms with Crippen molar-refractivity contribution in [3.63, 3.8) is 0 Å². The minimum Gasteiger partial charge on any atom is -0.495 e. The summed E-state index contributed by atoms with van der Waals surface area (Å²) in [5.41, 5.74) is 1.87. The maximum absolute atomic E-state index is 13.4. The minimum atomic E-state index is -3.66. The first-order valence-electron chi connectivity index (χ1n) is 10.5. The lowest BCUT2D eigenvalue weighted by molar-refractivity contribution is 0.373. The van der Waals surface area contributed by atoms with Crippen molar-refractivity contribution in [3.8, 4) is 5.75 Å². The highest BCUT2D eigenvalue weighted by Crippen LogP contribution is 2.39. The van der Waals surface area contributed by atoms with Crippen molar-refractivity contribution < 1.29 is 13.2 Å². The molecule has 2 aliphatic rings. The summed E-state index contributed by atoms with van der Waals surface area (Å²) in [5.74, 6) is 1.77. The Morgan fingerprint density at radius 2 is 1.70 bits per heavy atom. The molecule has 2 fully saturated rings. The highest BCUT2D eigenvalue weighted by molar-refractivity contribution is 7.89. The molecule has 1 aliphatic heterocycles. The molecule has 0 spiro atoms. The van der Waals surface area contributed by atoms with Gasteiger partial charge in [0, 0.05) is 32.1 Å². The van der Waals surface area contributed by atoms with Gasteiger partial charge in [0.1, 0.15) is 10.6 Å². The number of methoxy groups -OCH3 is 1. The van der Waals surface area contributed by atoms with Crippen LogP contribution in [0.2, 0.25) is 0 Å². The Hall–Kier alpha value is -2.19. The maximum atomic E-state index is 13.4. The summed E-state index contributed by atoms with van der Waals surface area (Å²) in [4.78, 5) is 2.33. The van der Waals surface area contributed by atoms with Crippen molar-refractivity contribution in [1.29, 1.82) is 0 Å². The quantitative estimate of drug-likeness (QED) is 0.725. The lowest BCUT2D eigenvalue weighted by Crippen LogP contribution is -2.49. The number of hydrogen-bond acceptors (Lipinski definition) is 6. The molecule has 8 heteroatoms. The van der Waals surface area contributed by atoms with E-state index in [0.29, 0.717) is 37.8 Å². The molecular weight excluding hydrogens is 400 g/mol. The Balaban J connectivity index is 1.51. The summed E-state index contributed by atoms with van der Waals surface area (Å²) in [6, 6.07) is 9.48. The van der Waals surface area contributed by atoms with Gasteiger partial charge in [-0.1, -0.05) is 26.8 Å². The van der Waals surface area contributed by atoms with Crippen LogP contribution in [0.15, 0.2) is 35.2 Å². The molecule has 1 aliphatic carbocycles. The lowest BCUT2D eigenvalue weighted by atomic mass is 9.87. The van der Waals surface area contributed by atoms with Crippen molar-refractivity contribution in [2.75, 3.05) is 38.2 Å². The molecule has 30 heavy (non-hydrogen) atoms. The standard InChI is InChI=1S/C22H30N4O3S/c1-22(2,3)17-7-9-19(29-4)20(15-17)30(27,28)26-13-11-25(12-14-26)21-10-8-18(23-24-21)16-5-6-16/h7-10,15-16H,5-6,11-14H2,1-4H3. The number of piperazine rings is 1. The molecule has 1 aromatic heterocycles. The molecule has 0 bridgehead atoms. The summed E-state index contributed by atoms with van der Waals surface area (Å²) in [6.07, 6.45) is 2.40. The fourth-order valence-electron chi connectivity index (χ4n) is 3.74. The molecule has 0 N–H and O–H groups in total. The lowest BCUT2D eigenvalue weighted by Gasteiger charge is -2.34. The number of hydrogen-bond donors (Lipinski definition) is 0. The van der Waals surface area contributed by atoms with E-state index in [0.717, 1.165) is 17.1 Å². The van der Waals surface area contributed by atoms with Crippen LogP contribution in [-0.2, 0) is 15.4 Å². The van der Waals surface area contributed by atoms with E-state index >= 15 is 0 Å². The van der Waals surface area contributed by atoms with Gasteiger partial charge >= 0.3 is 0 Å². The molecule has 1 saturated carbocycles. The zero-order chi connectivity index (χ0) is 21.5. The molecule has 2 aromatic rings. The largest absolute Gasteiger partial charge is 0.495 e. The average Bonchev–Trinajstić information content (AvgIpc) is 3.58. The first-order chi connectivity index (χ1) is 14.2. The second-order valence-corrected chi connectivity index (χ2v) is 11.0. The Morgan fingerprint density at radius 1 is 1.00 bits per heavy atom. The molecule has 0 unspecified atom stereocenters. The monoisotopic (exact) mass is 430 g/mol. The van der Waals surface area contributed by atoms with Crippen molar-refractivity contribution >= 4 is 15.8 Å². The van der Waals surface area contributed by atoms with Crippen LogP contribution in [0.25, 0.3) is 0 Å². The first kappa shape index (κ1) is 21.1. The molecule has 1 aromatic carbocycles. The van der Waals surface area contributed by atoms with Gasteiger partial charge in [0.15, 0.2) is 5.82 Å². The van der Waals surface area contributed by atoms with Crippen LogP contribution in [0.3, 0.4) is 0 Å². The molecule has 1 saturated heterocycles. The molecule has 2 heterocycles. The average molecular weight is 431 g/mol. The van der Waals surface area contributed by atoms with Gasteiger partial charge in [-0.05, 0) is 48.1 Å². The van der Waals surface area contributed by atoms with Crippen molar-refractivity contribution in [2.24, 2.45) is 0 Å². The van der Waals surface area contributed by atoms with Crippen LogP contribution in [0.5, 0.6) is 5.75 Å². The molecule has 162 valence electrons. The number of sulfonamides is 1. The number of rotatable bonds is 5. The van der Waals surface area contributed by atoms with Crippen LogP contribution >= 0.6 is 0 Å².